The first kappa shape index (κ1) is 13.4. The number of rotatable bonds is 7. The highest BCUT2D eigenvalue weighted by Crippen LogP contribution is 2.13. The standard InChI is InChI=1S/C11H25N3/c1-5-7-14(9(3)4)10(6-2)8-11(12)13/h9-10H,5-8H2,1-4H3,(H3,12,13). The Balaban J connectivity index is 4.32. The van der Waals surface area contributed by atoms with Gasteiger partial charge in [-0.05, 0) is 33.2 Å². The molecular formula is C11H25N3. The van der Waals surface area contributed by atoms with Crippen LogP contribution >= 0.6 is 0 Å². The fourth-order valence-electron chi connectivity index (χ4n) is 1.87. The van der Waals surface area contributed by atoms with Crippen molar-refractivity contribution >= 4 is 5.84 Å². The van der Waals surface area contributed by atoms with E-state index in [1.165, 1.54) is 0 Å². The van der Waals surface area contributed by atoms with E-state index >= 15 is 0 Å². The van der Waals surface area contributed by atoms with E-state index in [0.717, 1.165) is 19.4 Å². The summed E-state index contributed by atoms with van der Waals surface area (Å²) in [5.74, 6) is 0.304. The van der Waals surface area contributed by atoms with Gasteiger partial charge in [-0.25, -0.2) is 0 Å². The molecule has 0 aromatic heterocycles. The molecule has 3 nitrogen and oxygen atoms in total. The summed E-state index contributed by atoms with van der Waals surface area (Å²) in [4.78, 5) is 2.45. The molecule has 0 aliphatic rings. The number of amidine groups is 1. The number of nitrogens with zero attached hydrogens (tertiary/aromatic N) is 1. The van der Waals surface area contributed by atoms with Crippen LogP contribution in [-0.4, -0.2) is 29.4 Å². The maximum absolute atomic E-state index is 7.35. The van der Waals surface area contributed by atoms with Crippen LogP contribution in [0.15, 0.2) is 0 Å². The van der Waals surface area contributed by atoms with Gasteiger partial charge in [-0.2, -0.15) is 0 Å². The highest BCUT2D eigenvalue weighted by Gasteiger charge is 2.19. The lowest BCUT2D eigenvalue weighted by Crippen LogP contribution is -2.42. The lowest BCUT2D eigenvalue weighted by Gasteiger charge is -2.34. The van der Waals surface area contributed by atoms with Crippen LogP contribution in [0, 0.1) is 5.41 Å². The van der Waals surface area contributed by atoms with Crippen molar-refractivity contribution in [3.8, 4) is 0 Å². The molecule has 0 bridgehead atoms. The van der Waals surface area contributed by atoms with E-state index in [1.807, 2.05) is 0 Å². The molecule has 0 saturated carbocycles. The smallest absolute Gasteiger partial charge is 0.0921 e. The second-order valence-electron chi connectivity index (χ2n) is 4.12. The summed E-state index contributed by atoms with van der Waals surface area (Å²) < 4.78 is 0. The number of hydrogen-bond acceptors (Lipinski definition) is 2. The third kappa shape index (κ3) is 4.61. The van der Waals surface area contributed by atoms with Gasteiger partial charge in [-0.1, -0.05) is 13.8 Å². The molecule has 84 valence electrons. The Morgan fingerprint density at radius 2 is 1.93 bits per heavy atom. The molecule has 0 amide bonds. The summed E-state index contributed by atoms with van der Waals surface area (Å²) in [5, 5.41) is 7.35. The highest BCUT2D eigenvalue weighted by atomic mass is 15.2. The molecule has 3 heteroatoms. The van der Waals surface area contributed by atoms with Crippen molar-refractivity contribution in [2.45, 2.75) is 59.0 Å². The average molecular weight is 199 g/mol. The highest BCUT2D eigenvalue weighted by molar-refractivity contribution is 5.77. The Morgan fingerprint density at radius 3 is 2.21 bits per heavy atom. The first-order chi connectivity index (χ1) is 6.52. The Morgan fingerprint density at radius 1 is 1.36 bits per heavy atom. The average Bonchev–Trinajstić information content (AvgIpc) is 2.10. The quantitative estimate of drug-likeness (QED) is 0.488. The minimum atomic E-state index is 0.304. The zero-order chi connectivity index (χ0) is 11.1. The first-order valence-corrected chi connectivity index (χ1v) is 5.61. The van der Waals surface area contributed by atoms with Crippen LogP contribution < -0.4 is 5.73 Å². The molecular weight excluding hydrogens is 174 g/mol. The predicted molar refractivity (Wildman–Crippen MR) is 62.7 cm³/mol. The maximum Gasteiger partial charge on any atom is 0.0921 e. The molecule has 1 atom stereocenters. The Bertz CT molecular complexity index is 166. The lowest BCUT2D eigenvalue weighted by molar-refractivity contribution is 0.152. The molecule has 0 heterocycles. The second-order valence-corrected chi connectivity index (χ2v) is 4.12. The van der Waals surface area contributed by atoms with Gasteiger partial charge in [0.15, 0.2) is 0 Å². The fraction of sp³-hybridized carbons (Fsp3) is 0.909. The van der Waals surface area contributed by atoms with Gasteiger partial charge in [0.25, 0.3) is 0 Å². The molecule has 3 N–H and O–H groups in total. The second kappa shape index (κ2) is 6.82. The van der Waals surface area contributed by atoms with Crippen LogP contribution in [0.1, 0.15) is 47.0 Å². The van der Waals surface area contributed by atoms with Crippen molar-refractivity contribution in [2.75, 3.05) is 6.54 Å². The van der Waals surface area contributed by atoms with E-state index in [4.69, 9.17) is 11.1 Å². The summed E-state index contributed by atoms with van der Waals surface area (Å²) in [6.45, 7) is 9.87. The Hall–Kier alpha value is -0.570. The van der Waals surface area contributed by atoms with E-state index in [9.17, 15) is 0 Å². The summed E-state index contributed by atoms with van der Waals surface area (Å²) >= 11 is 0. The lowest BCUT2D eigenvalue weighted by atomic mass is 10.1. The summed E-state index contributed by atoms with van der Waals surface area (Å²) in [5.41, 5.74) is 5.46. The van der Waals surface area contributed by atoms with Crippen LogP contribution in [0.4, 0.5) is 0 Å². The van der Waals surface area contributed by atoms with E-state index in [1.54, 1.807) is 0 Å². The number of nitrogens with two attached hydrogens (primary N) is 1. The van der Waals surface area contributed by atoms with Crippen LogP contribution in [0.5, 0.6) is 0 Å². The summed E-state index contributed by atoms with van der Waals surface area (Å²) in [6, 6.07) is 0.978. The molecule has 0 saturated heterocycles. The van der Waals surface area contributed by atoms with E-state index < -0.39 is 0 Å². The van der Waals surface area contributed by atoms with Crippen molar-refractivity contribution < 1.29 is 0 Å². The molecule has 0 spiro atoms. The fourth-order valence-corrected chi connectivity index (χ4v) is 1.87. The first-order valence-electron chi connectivity index (χ1n) is 5.61. The maximum atomic E-state index is 7.35. The minimum Gasteiger partial charge on any atom is -0.388 e. The van der Waals surface area contributed by atoms with Crippen LogP contribution in [0.2, 0.25) is 0 Å². The van der Waals surface area contributed by atoms with E-state index in [2.05, 4.69) is 32.6 Å². The van der Waals surface area contributed by atoms with Crippen LogP contribution in [-0.2, 0) is 0 Å². The number of hydrogen-bond donors (Lipinski definition) is 2. The zero-order valence-electron chi connectivity index (χ0n) is 10.0. The molecule has 0 aromatic carbocycles. The van der Waals surface area contributed by atoms with Crippen LogP contribution in [0.25, 0.3) is 0 Å². The number of nitrogens with one attached hydrogen (secondary N) is 1. The van der Waals surface area contributed by atoms with Crippen molar-refractivity contribution in [3.05, 3.63) is 0 Å². The molecule has 0 rings (SSSR count). The predicted octanol–water partition coefficient (Wildman–Crippen LogP) is 2.21. The molecule has 0 fully saturated rings. The molecule has 14 heavy (non-hydrogen) atoms. The molecule has 0 aliphatic heterocycles. The van der Waals surface area contributed by atoms with Gasteiger partial charge in [-0.3, -0.25) is 10.3 Å². The van der Waals surface area contributed by atoms with Gasteiger partial charge < -0.3 is 5.73 Å². The Kier molecular flexibility index (Phi) is 6.54. The van der Waals surface area contributed by atoms with Crippen molar-refractivity contribution in [1.29, 1.82) is 5.41 Å². The monoisotopic (exact) mass is 199 g/mol. The van der Waals surface area contributed by atoms with Crippen LogP contribution in [0.3, 0.4) is 0 Å². The molecule has 0 radical (unpaired) electrons. The Labute approximate surface area is 88.2 Å². The van der Waals surface area contributed by atoms with Crippen molar-refractivity contribution in [3.63, 3.8) is 0 Å². The third-order valence-electron chi connectivity index (χ3n) is 2.54. The van der Waals surface area contributed by atoms with Gasteiger partial charge in [0.1, 0.15) is 0 Å². The van der Waals surface area contributed by atoms with Gasteiger partial charge in [0, 0.05) is 18.5 Å². The normalized spacial score (nSPS) is 13.6. The SMILES string of the molecule is CCCN(C(C)C)C(CC)CC(=N)N. The molecule has 0 aromatic rings. The summed E-state index contributed by atoms with van der Waals surface area (Å²) in [6.07, 6.45) is 2.93. The minimum absolute atomic E-state index is 0.304. The molecule has 1 unspecified atom stereocenters. The van der Waals surface area contributed by atoms with Gasteiger partial charge in [0.2, 0.25) is 0 Å². The van der Waals surface area contributed by atoms with E-state index in [0.29, 0.717) is 24.3 Å². The van der Waals surface area contributed by atoms with Crippen molar-refractivity contribution in [1.82, 2.24) is 4.90 Å². The zero-order valence-corrected chi connectivity index (χ0v) is 10.0. The third-order valence-corrected chi connectivity index (χ3v) is 2.54. The van der Waals surface area contributed by atoms with Gasteiger partial charge in [-0.15, -0.1) is 0 Å². The summed E-state index contributed by atoms with van der Waals surface area (Å²) in [7, 11) is 0. The largest absolute Gasteiger partial charge is 0.388 e. The van der Waals surface area contributed by atoms with Gasteiger partial charge in [0.05, 0.1) is 5.84 Å². The van der Waals surface area contributed by atoms with Crippen molar-refractivity contribution in [2.24, 2.45) is 5.73 Å². The van der Waals surface area contributed by atoms with E-state index in [-0.39, 0.29) is 0 Å². The topological polar surface area (TPSA) is 53.1 Å². The van der Waals surface area contributed by atoms with Gasteiger partial charge >= 0.3 is 0 Å². The molecule has 0 aliphatic carbocycles.